The lowest BCUT2D eigenvalue weighted by Gasteiger charge is -2.36. The number of ether oxygens (including phenoxy) is 2. The number of aliphatic hydroxyl groups excluding tert-OH is 1. The van der Waals surface area contributed by atoms with Gasteiger partial charge in [-0.25, -0.2) is 9.78 Å². The number of carbonyl (C=O) groups is 1. The molecule has 1 aromatic rings. The van der Waals surface area contributed by atoms with Gasteiger partial charge >= 0.3 is 5.97 Å². The molecule has 0 saturated carbocycles. The van der Waals surface area contributed by atoms with E-state index in [1.54, 1.807) is 19.1 Å². The topological polar surface area (TPSA) is 80.7 Å². The summed E-state index contributed by atoms with van der Waals surface area (Å²) in [6.45, 7) is 3.37. The van der Waals surface area contributed by atoms with Gasteiger partial charge in [0.25, 0.3) is 0 Å². The van der Waals surface area contributed by atoms with E-state index >= 15 is 0 Å². The molecule has 2 N–H and O–H groups in total. The fourth-order valence-corrected chi connectivity index (χ4v) is 2.16. The standard InChI is InChI=1S/C14H20N2O4/c1-2-20-13(18)11-3-4-12(15-9-11)16-14(10-17)5-7-19-8-6-14/h3-4,9,17H,2,5-8,10H2,1H3,(H,15,16). The van der Waals surface area contributed by atoms with Crippen molar-refractivity contribution in [3.63, 3.8) is 0 Å². The van der Waals surface area contributed by atoms with Crippen molar-refractivity contribution in [2.24, 2.45) is 0 Å². The van der Waals surface area contributed by atoms with Crippen LogP contribution >= 0.6 is 0 Å². The first-order chi connectivity index (χ1) is 9.69. The second-order valence-electron chi connectivity index (χ2n) is 4.83. The Hall–Kier alpha value is -1.66. The summed E-state index contributed by atoms with van der Waals surface area (Å²) in [4.78, 5) is 15.7. The molecule has 0 unspecified atom stereocenters. The molecule has 0 bridgehead atoms. The molecule has 110 valence electrons. The highest BCUT2D eigenvalue weighted by Crippen LogP contribution is 2.24. The van der Waals surface area contributed by atoms with Gasteiger partial charge in [0.15, 0.2) is 0 Å². The summed E-state index contributed by atoms with van der Waals surface area (Å²) in [6, 6.07) is 3.39. The molecule has 6 heteroatoms. The molecule has 0 aromatic carbocycles. The van der Waals surface area contributed by atoms with E-state index < -0.39 is 5.54 Å². The van der Waals surface area contributed by atoms with Crippen molar-refractivity contribution in [3.8, 4) is 0 Å². The van der Waals surface area contributed by atoms with E-state index in [1.807, 2.05) is 0 Å². The van der Waals surface area contributed by atoms with Gasteiger partial charge in [-0.15, -0.1) is 0 Å². The Bertz CT molecular complexity index is 441. The van der Waals surface area contributed by atoms with Crippen LogP contribution in [0, 0.1) is 0 Å². The predicted octanol–water partition coefficient (Wildman–Crippen LogP) is 1.21. The van der Waals surface area contributed by atoms with Gasteiger partial charge < -0.3 is 19.9 Å². The maximum absolute atomic E-state index is 11.5. The lowest BCUT2D eigenvalue weighted by Crippen LogP contribution is -2.47. The van der Waals surface area contributed by atoms with Gasteiger partial charge in [0.05, 0.1) is 24.3 Å². The van der Waals surface area contributed by atoms with Crippen LogP contribution in [0.1, 0.15) is 30.1 Å². The smallest absolute Gasteiger partial charge is 0.339 e. The van der Waals surface area contributed by atoms with Crippen LogP contribution in [0.25, 0.3) is 0 Å². The fraction of sp³-hybridized carbons (Fsp3) is 0.571. The summed E-state index contributed by atoms with van der Waals surface area (Å²) in [5.41, 5.74) is 0.0267. The molecule has 0 aliphatic carbocycles. The third-order valence-electron chi connectivity index (χ3n) is 3.42. The molecular formula is C14H20N2O4. The van der Waals surface area contributed by atoms with E-state index in [1.165, 1.54) is 6.20 Å². The average Bonchev–Trinajstić information content (AvgIpc) is 2.49. The Labute approximate surface area is 118 Å². The number of rotatable bonds is 5. The molecule has 1 fully saturated rings. The summed E-state index contributed by atoms with van der Waals surface area (Å²) in [7, 11) is 0. The average molecular weight is 280 g/mol. The lowest BCUT2D eigenvalue weighted by molar-refractivity contribution is 0.0378. The Morgan fingerprint density at radius 3 is 2.80 bits per heavy atom. The minimum atomic E-state index is -0.392. The first-order valence-electron chi connectivity index (χ1n) is 6.79. The minimum Gasteiger partial charge on any atom is -0.462 e. The van der Waals surface area contributed by atoms with Crippen LogP contribution < -0.4 is 5.32 Å². The van der Waals surface area contributed by atoms with E-state index in [-0.39, 0.29) is 12.6 Å². The number of aromatic nitrogens is 1. The van der Waals surface area contributed by atoms with Gasteiger partial charge in [-0.05, 0) is 31.9 Å². The highest BCUT2D eigenvalue weighted by Gasteiger charge is 2.32. The Morgan fingerprint density at radius 1 is 1.50 bits per heavy atom. The zero-order chi connectivity index (χ0) is 14.4. The third kappa shape index (κ3) is 3.46. The number of nitrogens with one attached hydrogen (secondary N) is 1. The Kier molecular flexibility index (Phi) is 4.92. The molecule has 0 radical (unpaired) electrons. The molecule has 1 aromatic heterocycles. The van der Waals surface area contributed by atoms with Crippen molar-refractivity contribution in [3.05, 3.63) is 23.9 Å². The van der Waals surface area contributed by atoms with Crippen molar-refractivity contribution in [1.29, 1.82) is 0 Å². The molecule has 0 atom stereocenters. The molecule has 1 saturated heterocycles. The molecule has 0 amide bonds. The van der Waals surface area contributed by atoms with Crippen LogP contribution in [0.15, 0.2) is 18.3 Å². The van der Waals surface area contributed by atoms with Crippen LogP contribution in [0.5, 0.6) is 0 Å². The molecule has 2 heterocycles. The summed E-state index contributed by atoms with van der Waals surface area (Å²) in [5.74, 6) is 0.253. The van der Waals surface area contributed by atoms with Crippen molar-refractivity contribution in [1.82, 2.24) is 4.98 Å². The first kappa shape index (κ1) is 14.7. The van der Waals surface area contributed by atoms with E-state index in [0.29, 0.717) is 31.2 Å². The highest BCUT2D eigenvalue weighted by molar-refractivity contribution is 5.89. The maximum atomic E-state index is 11.5. The van der Waals surface area contributed by atoms with Gasteiger partial charge in [0, 0.05) is 19.4 Å². The van der Waals surface area contributed by atoms with Gasteiger partial charge in [0.2, 0.25) is 0 Å². The van der Waals surface area contributed by atoms with Gasteiger partial charge in [0.1, 0.15) is 5.82 Å². The quantitative estimate of drug-likeness (QED) is 0.789. The number of carbonyl (C=O) groups excluding carboxylic acids is 1. The van der Waals surface area contributed by atoms with Crippen molar-refractivity contribution >= 4 is 11.8 Å². The molecule has 2 rings (SSSR count). The number of aliphatic hydroxyl groups is 1. The van der Waals surface area contributed by atoms with E-state index in [2.05, 4.69) is 10.3 Å². The van der Waals surface area contributed by atoms with E-state index in [9.17, 15) is 9.90 Å². The largest absolute Gasteiger partial charge is 0.462 e. The molecule has 6 nitrogen and oxygen atoms in total. The number of anilines is 1. The van der Waals surface area contributed by atoms with Crippen molar-refractivity contribution in [2.45, 2.75) is 25.3 Å². The Balaban J connectivity index is 2.04. The van der Waals surface area contributed by atoms with Gasteiger partial charge in [-0.2, -0.15) is 0 Å². The number of nitrogens with zero attached hydrogens (tertiary/aromatic N) is 1. The van der Waals surface area contributed by atoms with Crippen LogP contribution in [-0.4, -0.2) is 48.0 Å². The lowest BCUT2D eigenvalue weighted by atomic mass is 9.91. The predicted molar refractivity (Wildman–Crippen MR) is 73.7 cm³/mol. The van der Waals surface area contributed by atoms with Crippen molar-refractivity contribution < 1.29 is 19.4 Å². The number of esters is 1. The van der Waals surface area contributed by atoms with Gasteiger partial charge in [-0.1, -0.05) is 0 Å². The number of hydrogen-bond donors (Lipinski definition) is 2. The minimum absolute atomic E-state index is 0.0255. The van der Waals surface area contributed by atoms with Crippen LogP contribution in [0.4, 0.5) is 5.82 Å². The summed E-state index contributed by atoms with van der Waals surface area (Å²) >= 11 is 0. The fourth-order valence-electron chi connectivity index (χ4n) is 2.16. The summed E-state index contributed by atoms with van der Waals surface area (Å²) < 4.78 is 10.2. The number of hydrogen-bond acceptors (Lipinski definition) is 6. The zero-order valence-corrected chi connectivity index (χ0v) is 11.6. The maximum Gasteiger partial charge on any atom is 0.339 e. The van der Waals surface area contributed by atoms with Gasteiger partial charge in [-0.3, -0.25) is 0 Å². The van der Waals surface area contributed by atoms with Crippen LogP contribution in [0.2, 0.25) is 0 Å². The molecule has 0 spiro atoms. The monoisotopic (exact) mass is 280 g/mol. The summed E-state index contributed by atoms with van der Waals surface area (Å²) in [5, 5.41) is 12.8. The molecule has 1 aliphatic rings. The highest BCUT2D eigenvalue weighted by atomic mass is 16.5. The van der Waals surface area contributed by atoms with Crippen LogP contribution in [0.3, 0.4) is 0 Å². The molecule has 20 heavy (non-hydrogen) atoms. The zero-order valence-electron chi connectivity index (χ0n) is 11.6. The number of pyridine rings is 1. The second-order valence-corrected chi connectivity index (χ2v) is 4.83. The SMILES string of the molecule is CCOC(=O)c1ccc(NC2(CO)CCOCC2)nc1. The Morgan fingerprint density at radius 2 is 2.25 bits per heavy atom. The molecule has 1 aliphatic heterocycles. The molecular weight excluding hydrogens is 260 g/mol. The van der Waals surface area contributed by atoms with E-state index in [4.69, 9.17) is 9.47 Å². The normalized spacial score (nSPS) is 17.5. The summed E-state index contributed by atoms with van der Waals surface area (Å²) in [6.07, 6.45) is 2.93. The van der Waals surface area contributed by atoms with E-state index in [0.717, 1.165) is 12.8 Å². The van der Waals surface area contributed by atoms with Crippen molar-refractivity contribution in [2.75, 3.05) is 31.7 Å². The van der Waals surface area contributed by atoms with Crippen LogP contribution in [-0.2, 0) is 9.47 Å². The first-order valence-corrected chi connectivity index (χ1v) is 6.79. The second kappa shape index (κ2) is 6.67. The third-order valence-corrected chi connectivity index (χ3v) is 3.42.